The van der Waals surface area contributed by atoms with E-state index >= 15 is 0 Å². The van der Waals surface area contributed by atoms with Gasteiger partial charge >= 0.3 is 0 Å². The molecule has 0 fully saturated rings. The molecule has 6 nitrogen and oxygen atoms in total. The summed E-state index contributed by atoms with van der Waals surface area (Å²) in [5.41, 5.74) is 1.28. The zero-order valence-corrected chi connectivity index (χ0v) is 11.5. The van der Waals surface area contributed by atoms with Gasteiger partial charge < -0.3 is 10.1 Å². The Kier molecular flexibility index (Phi) is 4.47. The minimum Gasteiger partial charge on any atom is -0.385 e. The van der Waals surface area contributed by atoms with E-state index in [1.807, 2.05) is 19.1 Å². The summed E-state index contributed by atoms with van der Waals surface area (Å²) >= 11 is 0. The molecule has 0 aliphatic carbocycles. The highest BCUT2D eigenvalue weighted by Crippen LogP contribution is 2.28. The highest BCUT2D eigenvalue weighted by atomic mass is 16.6. The normalized spacial score (nSPS) is 12.3. The molecule has 2 aromatic rings. The number of non-ortho nitro benzene ring substituents is 1. The molecule has 1 heterocycles. The van der Waals surface area contributed by atoms with Gasteiger partial charge in [0.2, 0.25) is 0 Å². The molecule has 1 N–H and O–H groups in total. The van der Waals surface area contributed by atoms with Crippen LogP contribution in [0.15, 0.2) is 30.5 Å². The predicted octanol–water partition coefficient (Wildman–Crippen LogP) is 2.98. The van der Waals surface area contributed by atoms with Gasteiger partial charge in [-0.2, -0.15) is 0 Å². The van der Waals surface area contributed by atoms with Crippen molar-refractivity contribution in [1.29, 1.82) is 0 Å². The molecule has 0 bridgehead atoms. The van der Waals surface area contributed by atoms with Crippen molar-refractivity contribution >= 4 is 22.3 Å². The van der Waals surface area contributed by atoms with Gasteiger partial charge in [-0.05, 0) is 19.4 Å². The largest absolute Gasteiger partial charge is 0.385 e. The van der Waals surface area contributed by atoms with Crippen LogP contribution in [0.2, 0.25) is 0 Å². The number of ether oxygens (including phenoxy) is 1. The van der Waals surface area contributed by atoms with Gasteiger partial charge in [-0.3, -0.25) is 10.1 Å². The molecule has 20 heavy (non-hydrogen) atoms. The Morgan fingerprint density at radius 2 is 2.25 bits per heavy atom. The van der Waals surface area contributed by atoms with E-state index in [1.54, 1.807) is 19.4 Å². The molecule has 0 saturated heterocycles. The molecule has 2 rings (SSSR count). The van der Waals surface area contributed by atoms with Crippen molar-refractivity contribution < 1.29 is 9.66 Å². The highest BCUT2D eigenvalue weighted by Gasteiger charge is 2.15. The van der Waals surface area contributed by atoms with Gasteiger partial charge in [0.15, 0.2) is 0 Å². The molecular weight excluding hydrogens is 258 g/mol. The van der Waals surface area contributed by atoms with Gasteiger partial charge in [-0.15, -0.1) is 0 Å². The third-order valence-electron chi connectivity index (χ3n) is 3.10. The summed E-state index contributed by atoms with van der Waals surface area (Å²) in [6.07, 6.45) is 2.44. The number of hydrogen-bond donors (Lipinski definition) is 1. The number of nitrogens with zero attached hydrogens (tertiary/aromatic N) is 2. The topological polar surface area (TPSA) is 77.3 Å². The molecule has 6 heteroatoms. The van der Waals surface area contributed by atoms with Crippen molar-refractivity contribution in [2.45, 2.75) is 19.4 Å². The number of fused-ring (bicyclic) bond motifs is 1. The smallest absolute Gasteiger partial charge is 0.295 e. The van der Waals surface area contributed by atoms with Gasteiger partial charge in [-0.25, -0.2) is 4.98 Å². The lowest BCUT2D eigenvalue weighted by Crippen LogP contribution is -2.17. The number of nitrogens with one attached hydrogen (secondary N) is 1. The minimum atomic E-state index is -0.409. The molecule has 1 aromatic heterocycles. The summed E-state index contributed by atoms with van der Waals surface area (Å²) in [5, 5.41) is 15.1. The summed E-state index contributed by atoms with van der Waals surface area (Å²) in [5.74, 6) is 0. The van der Waals surface area contributed by atoms with E-state index in [4.69, 9.17) is 4.74 Å². The van der Waals surface area contributed by atoms with Crippen LogP contribution in [0.3, 0.4) is 0 Å². The van der Waals surface area contributed by atoms with E-state index in [2.05, 4.69) is 10.3 Å². The summed E-state index contributed by atoms with van der Waals surface area (Å²) in [6, 6.07) is 7.01. The summed E-state index contributed by atoms with van der Waals surface area (Å²) in [7, 11) is 1.66. The SMILES string of the molecule is COCCC(C)Nc1ccnc2c([N+](=O)[O-])cccc12. The number of methoxy groups -OCH3 is 1. The Labute approximate surface area is 116 Å². The monoisotopic (exact) mass is 275 g/mol. The molecule has 0 aliphatic heterocycles. The molecule has 0 aliphatic rings. The number of aromatic nitrogens is 1. The van der Waals surface area contributed by atoms with Crippen LogP contribution < -0.4 is 5.32 Å². The number of benzene rings is 1. The summed E-state index contributed by atoms with van der Waals surface area (Å²) in [6.45, 7) is 2.71. The standard InChI is InChI=1S/C14H17N3O3/c1-10(7-9-20-2)16-12-6-8-15-14-11(12)4-3-5-13(14)17(18)19/h3-6,8,10H,7,9H2,1-2H3,(H,15,16). The summed E-state index contributed by atoms with van der Waals surface area (Å²) < 4.78 is 5.05. The van der Waals surface area contributed by atoms with E-state index in [1.165, 1.54) is 6.07 Å². The number of hydrogen-bond acceptors (Lipinski definition) is 5. The lowest BCUT2D eigenvalue weighted by molar-refractivity contribution is -0.383. The molecule has 106 valence electrons. The predicted molar refractivity (Wildman–Crippen MR) is 78.0 cm³/mol. The first kappa shape index (κ1) is 14.2. The van der Waals surface area contributed by atoms with Crippen LogP contribution in [-0.4, -0.2) is 29.7 Å². The Bertz CT molecular complexity index is 616. The third-order valence-corrected chi connectivity index (χ3v) is 3.10. The van der Waals surface area contributed by atoms with E-state index < -0.39 is 4.92 Å². The second-order valence-corrected chi connectivity index (χ2v) is 4.62. The second-order valence-electron chi connectivity index (χ2n) is 4.62. The van der Waals surface area contributed by atoms with Crippen molar-refractivity contribution in [2.75, 3.05) is 19.0 Å². The fourth-order valence-electron chi connectivity index (χ4n) is 2.07. The molecular formula is C14H17N3O3. The Balaban J connectivity index is 2.35. The van der Waals surface area contributed by atoms with Crippen molar-refractivity contribution in [3.05, 3.63) is 40.6 Å². The number of nitro groups is 1. The molecule has 0 amide bonds. The molecule has 1 aromatic carbocycles. The first-order valence-electron chi connectivity index (χ1n) is 6.41. The first-order chi connectivity index (χ1) is 9.63. The van der Waals surface area contributed by atoms with Gasteiger partial charge in [0.25, 0.3) is 5.69 Å². The first-order valence-corrected chi connectivity index (χ1v) is 6.41. The fourth-order valence-corrected chi connectivity index (χ4v) is 2.07. The van der Waals surface area contributed by atoms with Gasteiger partial charge in [0.1, 0.15) is 5.52 Å². The number of pyridine rings is 1. The van der Waals surface area contributed by atoms with Crippen LogP contribution in [-0.2, 0) is 4.74 Å². The quantitative estimate of drug-likeness (QED) is 0.647. The van der Waals surface area contributed by atoms with Crippen molar-refractivity contribution in [3.63, 3.8) is 0 Å². The van der Waals surface area contributed by atoms with Crippen molar-refractivity contribution in [3.8, 4) is 0 Å². The number of nitro benzene ring substituents is 1. The third kappa shape index (κ3) is 3.03. The maximum atomic E-state index is 11.0. The Morgan fingerprint density at radius 3 is 2.95 bits per heavy atom. The minimum absolute atomic E-state index is 0.0238. The highest BCUT2D eigenvalue weighted by molar-refractivity contribution is 5.96. The zero-order chi connectivity index (χ0) is 14.5. The van der Waals surface area contributed by atoms with Crippen LogP contribution in [0.25, 0.3) is 10.9 Å². The van der Waals surface area contributed by atoms with Crippen molar-refractivity contribution in [1.82, 2.24) is 4.98 Å². The van der Waals surface area contributed by atoms with Crippen LogP contribution >= 0.6 is 0 Å². The molecule has 0 spiro atoms. The van der Waals surface area contributed by atoms with Crippen LogP contribution in [0.4, 0.5) is 11.4 Å². The van der Waals surface area contributed by atoms with E-state index in [0.717, 1.165) is 17.5 Å². The maximum Gasteiger partial charge on any atom is 0.295 e. The van der Waals surface area contributed by atoms with E-state index in [9.17, 15) is 10.1 Å². The average molecular weight is 275 g/mol. The zero-order valence-electron chi connectivity index (χ0n) is 11.5. The maximum absolute atomic E-state index is 11.0. The van der Waals surface area contributed by atoms with Crippen LogP contribution in [0.5, 0.6) is 0 Å². The molecule has 0 saturated carbocycles. The summed E-state index contributed by atoms with van der Waals surface area (Å²) in [4.78, 5) is 14.7. The molecule has 1 atom stereocenters. The Hall–Kier alpha value is -2.21. The van der Waals surface area contributed by atoms with Crippen LogP contribution in [0, 0.1) is 10.1 Å². The molecule has 0 radical (unpaired) electrons. The lowest BCUT2D eigenvalue weighted by atomic mass is 10.1. The second kappa shape index (κ2) is 6.29. The number of anilines is 1. The van der Waals surface area contributed by atoms with Crippen LogP contribution in [0.1, 0.15) is 13.3 Å². The lowest BCUT2D eigenvalue weighted by Gasteiger charge is -2.16. The van der Waals surface area contributed by atoms with E-state index in [0.29, 0.717) is 12.1 Å². The average Bonchev–Trinajstić information content (AvgIpc) is 2.44. The number of para-hydroxylation sites is 1. The number of rotatable bonds is 6. The van der Waals surface area contributed by atoms with E-state index in [-0.39, 0.29) is 11.7 Å². The van der Waals surface area contributed by atoms with Gasteiger partial charge in [0, 0.05) is 43.1 Å². The fraction of sp³-hybridized carbons (Fsp3) is 0.357. The van der Waals surface area contributed by atoms with Crippen molar-refractivity contribution in [2.24, 2.45) is 0 Å². The van der Waals surface area contributed by atoms with Gasteiger partial charge in [-0.1, -0.05) is 12.1 Å². The van der Waals surface area contributed by atoms with Gasteiger partial charge in [0.05, 0.1) is 4.92 Å². The molecule has 1 unspecified atom stereocenters. The Morgan fingerprint density at radius 1 is 1.45 bits per heavy atom.